The lowest BCUT2D eigenvalue weighted by Crippen LogP contribution is -2.32. The molecular formula is C22H26N6O3. The van der Waals surface area contributed by atoms with Crippen molar-refractivity contribution in [1.29, 1.82) is 0 Å². The largest absolute Gasteiger partial charge is 0.330 e. The molecule has 3 aromatic heterocycles. The summed E-state index contributed by atoms with van der Waals surface area (Å²) in [5.74, 6) is -0.185. The fraction of sp³-hybridized carbons (Fsp3) is 0.409. The predicted molar refractivity (Wildman–Crippen MR) is 116 cm³/mol. The molecule has 0 bridgehead atoms. The van der Waals surface area contributed by atoms with Gasteiger partial charge in [0.1, 0.15) is 23.7 Å². The van der Waals surface area contributed by atoms with Gasteiger partial charge in [-0.1, -0.05) is 26.8 Å². The number of nitrogens with one attached hydrogen (secondary N) is 1. The highest BCUT2D eigenvalue weighted by Crippen LogP contribution is 2.27. The summed E-state index contributed by atoms with van der Waals surface area (Å²) < 4.78 is 2.91. The number of aromatic nitrogens is 4. The van der Waals surface area contributed by atoms with Crippen LogP contribution >= 0.6 is 0 Å². The van der Waals surface area contributed by atoms with Gasteiger partial charge in [0.05, 0.1) is 17.8 Å². The van der Waals surface area contributed by atoms with E-state index in [0.717, 1.165) is 0 Å². The SMILES string of the molecule is CC(C)N1Cc2c(n(CC(=O)Nc3ccccn3)c3cc(C(C)(C)C)nn3c2=O)C1=O. The highest BCUT2D eigenvalue weighted by atomic mass is 16.2. The zero-order valence-electron chi connectivity index (χ0n) is 18.3. The number of amides is 2. The molecule has 0 aromatic carbocycles. The molecule has 0 saturated carbocycles. The summed E-state index contributed by atoms with van der Waals surface area (Å²) in [5.41, 5.74) is 1.12. The van der Waals surface area contributed by atoms with Crippen molar-refractivity contribution in [1.82, 2.24) is 24.1 Å². The van der Waals surface area contributed by atoms with Crippen LogP contribution < -0.4 is 10.9 Å². The minimum Gasteiger partial charge on any atom is -0.330 e. The Morgan fingerprint density at radius 3 is 2.58 bits per heavy atom. The minimum absolute atomic E-state index is 0.0763. The van der Waals surface area contributed by atoms with Crippen LogP contribution in [0.15, 0.2) is 35.3 Å². The van der Waals surface area contributed by atoms with E-state index in [1.807, 2.05) is 34.6 Å². The van der Waals surface area contributed by atoms with E-state index < -0.39 is 0 Å². The molecule has 0 aliphatic carbocycles. The number of pyridine rings is 1. The number of carbonyl (C=O) groups is 2. The van der Waals surface area contributed by atoms with Gasteiger partial charge in [0.25, 0.3) is 11.5 Å². The molecule has 3 aromatic rings. The van der Waals surface area contributed by atoms with Gasteiger partial charge in [0.15, 0.2) is 0 Å². The topological polar surface area (TPSA) is 102 Å². The van der Waals surface area contributed by atoms with Gasteiger partial charge in [0.2, 0.25) is 5.91 Å². The number of rotatable bonds is 4. The number of fused-ring (bicyclic) bond motifs is 2. The Hall–Kier alpha value is -3.49. The first kappa shape index (κ1) is 20.8. The molecule has 162 valence electrons. The molecule has 1 aliphatic heterocycles. The summed E-state index contributed by atoms with van der Waals surface area (Å²) in [5, 5.41) is 7.26. The summed E-state index contributed by atoms with van der Waals surface area (Å²) >= 11 is 0. The first-order valence-corrected chi connectivity index (χ1v) is 10.3. The molecule has 1 N–H and O–H groups in total. The zero-order chi connectivity index (χ0) is 22.5. The summed E-state index contributed by atoms with van der Waals surface area (Å²) in [6.07, 6.45) is 1.58. The van der Waals surface area contributed by atoms with Crippen molar-refractivity contribution in [3.05, 3.63) is 57.8 Å². The molecular weight excluding hydrogens is 396 g/mol. The van der Waals surface area contributed by atoms with Crippen LogP contribution in [0.4, 0.5) is 5.82 Å². The van der Waals surface area contributed by atoms with Crippen LogP contribution in [0, 0.1) is 0 Å². The van der Waals surface area contributed by atoms with Crippen LogP contribution in [-0.2, 0) is 23.3 Å². The number of carbonyl (C=O) groups excluding carboxylic acids is 2. The van der Waals surface area contributed by atoms with Crippen molar-refractivity contribution in [2.45, 2.75) is 59.2 Å². The van der Waals surface area contributed by atoms with Gasteiger partial charge in [-0.3, -0.25) is 14.4 Å². The fourth-order valence-electron chi connectivity index (χ4n) is 3.69. The predicted octanol–water partition coefficient (Wildman–Crippen LogP) is 2.19. The molecule has 1 aliphatic rings. The molecule has 4 heterocycles. The standard InChI is InChI=1S/C22H26N6O3/c1-13(2)26-11-14-19(21(26)31)27(12-17(29)24-16-8-6-7-9-23-16)18-10-15(22(3,4)5)25-28(18)20(14)30/h6-10,13H,11-12H2,1-5H3,(H,23,24,29). The van der Waals surface area contributed by atoms with Crippen molar-refractivity contribution in [3.63, 3.8) is 0 Å². The molecule has 0 unspecified atom stereocenters. The van der Waals surface area contributed by atoms with E-state index in [-0.39, 0.29) is 47.6 Å². The van der Waals surface area contributed by atoms with E-state index in [4.69, 9.17) is 0 Å². The van der Waals surface area contributed by atoms with E-state index in [0.29, 0.717) is 22.7 Å². The summed E-state index contributed by atoms with van der Waals surface area (Å²) in [6.45, 7) is 9.84. The molecule has 0 radical (unpaired) electrons. The second-order valence-electron chi connectivity index (χ2n) is 9.06. The summed E-state index contributed by atoms with van der Waals surface area (Å²) in [4.78, 5) is 45.0. The number of hydrogen-bond donors (Lipinski definition) is 1. The maximum Gasteiger partial charge on any atom is 0.280 e. The number of anilines is 1. The third kappa shape index (κ3) is 3.60. The molecule has 0 saturated heterocycles. The molecule has 31 heavy (non-hydrogen) atoms. The Bertz CT molecular complexity index is 1230. The molecule has 4 rings (SSSR count). The normalized spacial score (nSPS) is 13.9. The highest BCUT2D eigenvalue weighted by Gasteiger charge is 2.36. The highest BCUT2D eigenvalue weighted by molar-refractivity contribution is 5.98. The molecule has 0 spiro atoms. The average molecular weight is 422 g/mol. The molecule has 0 atom stereocenters. The molecule has 0 fully saturated rings. The van der Waals surface area contributed by atoms with E-state index >= 15 is 0 Å². The first-order valence-electron chi connectivity index (χ1n) is 10.3. The molecule has 9 heteroatoms. The van der Waals surface area contributed by atoms with Crippen LogP contribution in [0.25, 0.3) is 5.65 Å². The van der Waals surface area contributed by atoms with E-state index in [9.17, 15) is 14.4 Å². The van der Waals surface area contributed by atoms with Crippen LogP contribution in [0.1, 0.15) is 56.4 Å². The first-order chi connectivity index (χ1) is 14.6. The molecule has 2 amide bonds. The smallest absolute Gasteiger partial charge is 0.280 e. The van der Waals surface area contributed by atoms with Crippen LogP contribution in [0.5, 0.6) is 0 Å². The van der Waals surface area contributed by atoms with Crippen molar-refractivity contribution in [2.75, 3.05) is 5.32 Å². The van der Waals surface area contributed by atoms with E-state index in [2.05, 4.69) is 15.4 Å². The average Bonchev–Trinajstić information content (AvgIpc) is 3.28. The Morgan fingerprint density at radius 2 is 1.97 bits per heavy atom. The Morgan fingerprint density at radius 1 is 1.23 bits per heavy atom. The summed E-state index contributed by atoms with van der Waals surface area (Å²) in [7, 11) is 0. The van der Waals surface area contributed by atoms with Crippen LogP contribution in [-0.4, -0.2) is 41.9 Å². The van der Waals surface area contributed by atoms with Gasteiger partial charge in [-0.2, -0.15) is 9.61 Å². The molecule has 9 nitrogen and oxygen atoms in total. The maximum atomic E-state index is 13.2. The summed E-state index contributed by atoms with van der Waals surface area (Å²) in [6, 6.07) is 6.92. The third-order valence-electron chi connectivity index (χ3n) is 5.39. The van der Waals surface area contributed by atoms with Crippen LogP contribution in [0.2, 0.25) is 0 Å². The lowest BCUT2D eigenvalue weighted by atomic mass is 9.93. The van der Waals surface area contributed by atoms with Gasteiger partial charge < -0.3 is 14.8 Å². The second kappa shape index (κ2) is 7.33. The quantitative estimate of drug-likeness (QED) is 0.695. The maximum absolute atomic E-state index is 13.2. The monoisotopic (exact) mass is 422 g/mol. The van der Waals surface area contributed by atoms with Crippen LogP contribution in [0.3, 0.4) is 0 Å². The number of nitrogens with zero attached hydrogens (tertiary/aromatic N) is 5. The van der Waals surface area contributed by atoms with Crippen molar-refractivity contribution in [3.8, 4) is 0 Å². The fourth-order valence-corrected chi connectivity index (χ4v) is 3.69. The Labute approximate surface area is 179 Å². The second-order valence-corrected chi connectivity index (χ2v) is 9.06. The zero-order valence-corrected chi connectivity index (χ0v) is 18.3. The van der Waals surface area contributed by atoms with E-state index in [1.54, 1.807) is 39.9 Å². The minimum atomic E-state index is -0.347. The van der Waals surface area contributed by atoms with Gasteiger partial charge in [0, 0.05) is 23.7 Å². The lowest BCUT2D eigenvalue weighted by Gasteiger charge is -2.20. The van der Waals surface area contributed by atoms with Crippen molar-refractivity contribution < 1.29 is 9.59 Å². The van der Waals surface area contributed by atoms with Crippen molar-refractivity contribution >= 4 is 23.3 Å². The Balaban J connectivity index is 1.86. The third-order valence-corrected chi connectivity index (χ3v) is 5.39. The number of hydrogen-bond acceptors (Lipinski definition) is 5. The van der Waals surface area contributed by atoms with Crippen molar-refractivity contribution in [2.24, 2.45) is 0 Å². The lowest BCUT2D eigenvalue weighted by molar-refractivity contribution is -0.116. The van der Waals surface area contributed by atoms with Gasteiger partial charge in [-0.15, -0.1) is 0 Å². The van der Waals surface area contributed by atoms with E-state index in [1.165, 1.54) is 4.52 Å². The van der Waals surface area contributed by atoms with Gasteiger partial charge in [-0.05, 0) is 26.0 Å². The van der Waals surface area contributed by atoms with Gasteiger partial charge >= 0.3 is 0 Å². The van der Waals surface area contributed by atoms with Gasteiger partial charge in [-0.25, -0.2) is 4.98 Å². The Kier molecular flexibility index (Phi) is 4.91.